The standard InChI is InChI=1S/C9H19N3O3S/c1-10-8-4-7-12(9(8)13)6-3-5-11-16(2,14)15/h8,10-11H,3-7H2,1-2H3. The molecule has 2 N–H and O–H groups in total. The number of hydrogen-bond acceptors (Lipinski definition) is 4. The highest BCUT2D eigenvalue weighted by molar-refractivity contribution is 7.88. The molecule has 0 saturated carbocycles. The number of likely N-dealkylation sites (tertiary alicyclic amines) is 1. The summed E-state index contributed by atoms with van der Waals surface area (Å²) in [5, 5.41) is 2.96. The first-order valence-corrected chi connectivity index (χ1v) is 7.24. The number of nitrogens with zero attached hydrogens (tertiary/aromatic N) is 1. The van der Waals surface area contributed by atoms with E-state index >= 15 is 0 Å². The fourth-order valence-corrected chi connectivity index (χ4v) is 2.27. The molecule has 1 fully saturated rings. The average molecular weight is 249 g/mol. The van der Waals surface area contributed by atoms with Crippen molar-refractivity contribution in [3.8, 4) is 0 Å². The molecule has 94 valence electrons. The van der Waals surface area contributed by atoms with Crippen LogP contribution in [-0.2, 0) is 14.8 Å². The lowest BCUT2D eigenvalue weighted by Gasteiger charge is -2.16. The van der Waals surface area contributed by atoms with Crippen molar-refractivity contribution in [2.75, 3.05) is 32.9 Å². The highest BCUT2D eigenvalue weighted by atomic mass is 32.2. The van der Waals surface area contributed by atoms with Crippen molar-refractivity contribution in [1.29, 1.82) is 0 Å². The molecule has 0 aromatic carbocycles. The second-order valence-electron chi connectivity index (χ2n) is 3.98. The van der Waals surface area contributed by atoms with Gasteiger partial charge < -0.3 is 10.2 Å². The third-order valence-corrected chi connectivity index (χ3v) is 3.34. The molecule has 1 saturated heterocycles. The normalized spacial score (nSPS) is 21.8. The van der Waals surface area contributed by atoms with Gasteiger partial charge in [-0.2, -0.15) is 0 Å². The van der Waals surface area contributed by atoms with E-state index < -0.39 is 10.0 Å². The van der Waals surface area contributed by atoms with Gasteiger partial charge in [0.1, 0.15) is 0 Å². The maximum Gasteiger partial charge on any atom is 0.239 e. The highest BCUT2D eigenvalue weighted by Crippen LogP contribution is 2.10. The molecule has 0 aromatic heterocycles. The van der Waals surface area contributed by atoms with Gasteiger partial charge in [0.2, 0.25) is 15.9 Å². The zero-order valence-electron chi connectivity index (χ0n) is 9.69. The summed E-state index contributed by atoms with van der Waals surface area (Å²) in [6.45, 7) is 1.75. The van der Waals surface area contributed by atoms with Crippen LogP contribution in [0.1, 0.15) is 12.8 Å². The number of likely N-dealkylation sites (N-methyl/N-ethyl adjacent to an activating group) is 1. The van der Waals surface area contributed by atoms with Crippen LogP contribution in [0.3, 0.4) is 0 Å². The van der Waals surface area contributed by atoms with E-state index in [1.807, 2.05) is 0 Å². The lowest BCUT2D eigenvalue weighted by atomic mass is 10.3. The Morgan fingerprint density at radius 3 is 2.69 bits per heavy atom. The van der Waals surface area contributed by atoms with Crippen LogP contribution in [0.15, 0.2) is 0 Å². The Hall–Kier alpha value is -0.660. The quantitative estimate of drug-likeness (QED) is 0.576. The summed E-state index contributed by atoms with van der Waals surface area (Å²) in [4.78, 5) is 13.4. The van der Waals surface area contributed by atoms with E-state index in [1.54, 1.807) is 11.9 Å². The van der Waals surface area contributed by atoms with Crippen LogP contribution >= 0.6 is 0 Å². The van der Waals surface area contributed by atoms with Crippen molar-refractivity contribution in [3.05, 3.63) is 0 Å². The zero-order valence-corrected chi connectivity index (χ0v) is 10.5. The first-order valence-electron chi connectivity index (χ1n) is 5.35. The summed E-state index contributed by atoms with van der Waals surface area (Å²) in [5.74, 6) is 0.113. The van der Waals surface area contributed by atoms with Crippen LogP contribution in [-0.4, -0.2) is 58.2 Å². The molecule has 1 aliphatic heterocycles. The van der Waals surface area contributed by atoms with Gasteiger partial charge in [-0.1, -0.05) is 0 Å². The molecule has 0 bridgehead atoms. The zero-order chi connectivity index (χ0) is 12.2. The van der Waals surface area contributed by atoms with Crippen LogP contribution < -0.4 is 10.0 Å². The fourth-order valence-electron chi connectivity index (χ4n) is 1.76. The van der Waals surface area contributed by atoms with Crippen LogP contribution in [0.2, 0.25) is 0 Å². The molecule has 1 amide bonds. The number of hydrogen-bond donors (Lipinski definition) is 2. The molecule has 1 unspecified atom stereocenters. The van der Waals surface area contributed by atoms with Crippen LogP contribution in [0, 0.1) is 0 Å². The maximum absolute atomic E-state index is 11.7. The number of sulfonamides is 1. The molecule has 1 heterocycles. The van der Waals surface area contributed by atoms with Crippen molar-refractivity contribution >= 4 is 15.9 Å². The Bertz CT molecular complexity index is 342. The largest absolute Gasteiger partial charge is 0.341 e. The Morgan fingerprint density at radius 2 is 2.19 bits per heavy atom. The lowest BCUT2D eigenvalue weighted by molar-refractivity contribution is -0.129. The molecule has 16 heavy (non-hydrogen) atoms. The van der Waals surface area contributed by atoms with Gasteiger partial charge in [-0.25, -0.2) is 13.1 Å². The van der Waals surface area contributed by atoms with Gasteiger partial charge in [0.05, 0.1) is 12.3 Å². The monoisotopic (exact) mass is 249 g/mol. The van der Waals surface area contributed by atoms with Crippen molar-refractivity contribution in [2.45, 2.75) is 18.9 Å². The highest BCUT2D eigenvalue weighted by Gasteiger charge is 2.29. The van der Waals surface area contributed by atoms with Crippen LogP contribution in [0.4, 0.5) is 0 Å². The molecule has 6 nitrogen and oxygen atoms in total. The van der Waals surface area contributed by atoms with Crippen LogP contribution in [0.5, 0.6) is 0 Å². The minimum Gasteiger partial charge on any atom is -0.341 e. The minimum atomic E-state index is -3.11. The number of amides is 1. The minimum absolute atomic E-state index is 0.0668. The van der Waals surface area contributed by atoms with Crippen molar-refractivity contribution < 1.29 is 13.2 Å². The third-order valence-electron chi connectivity index (χ3n) is 2.61. The summed E-state index contributed by atoms with van der Waals surface area (Å²) in [7, 11) is -1.34. The molecule has 0 aliphatic carbocycles. The Labute approximate surface area is 96.4 Å². The van der Waals surface area contributed by atoms with E-state index in [4.69, 9.17) is 0 Å². The summed E-state index contributed by atoms with van der Waals surface area (Å²) < 4.78 is 24.0. The second-order valence-corrected chi connectivity index (χ2v) is 5.81. The summed E-state index contributed by atoms with van der Waals surface area (Å²) >= 11 is 0. The van der Waals surface area contributed by atoms with E-state index in [2.05, 4.69) is 10.0 Å². The van der Waals surface area contributed by atoms with Crippen molar-refractivity contribution in [1.82, 2.24) is 14.9 Å². The van der Waals surface area contributed by atoms with E-state index in [-0.39, 0.29) is 11.9 Å². The molecule has 0 spiro atoms. The Balaban J connectivity index is 2.22. The molecule has 1 rings (SSSR count). The topological polar surface area (TPSA) is 78.5 Å². The third kappa shape index (κ3) is 4.07. The summed E-state index contributed by atoms with van der Waals surface area (Å²) in [5.41, 5.74) is 0. The van der Waals surface area contributed by atoms with Crippen molar-refractivity contribution in [3.63, 3.8) is 0 Å². The van der Waals surface area contributed by atoms with Gasteiger partial charge in [0.15, 0.2) is 0 Å². The van der Waals surface area contributed by atoms with Gasteiger partial charge in [0.25, 0.3) is 0 Å². The first-order chi connectivity index (χ1) is 7.44. The average Bonchev–Trinajstić information content (AvgIpc) is 2.53. The summed E-state index contributed by atoms with van der Waals surface area (Å²) in [6, 6.07) is -0.0668. The van der Waals surface area contributed by atoms with E-state index in [9.17, 15) is 13.2 Å². The molecule has 1 aliphatic rings. The SMILES string of the molecule is CNC1CCN(CCCNS(C)(=O)=O)C1=O. The predicted octanol–water partition coefficient (Wildman–Crippen LogP) is -1.25. The Kier molecular flexibility index (Phi) is 4.69. The summed E-state index contributed by atoms with van der Waals surface area (Å²) in [6.07, 6.45) is 2.61. The number of carbonyl (C=O) groups excluding carboxylic acids is 1. The molecular formula is C9H19N3O3S. The first kappa shape index (κ1) is 13.4. The van der Waals surface area contributed by atoms with Gasteiger partial charge in [0, 0.05) is 19.6 Å². The lowest BCUT2D eigenvalue weighted by Crippen LogP contribution is -2.37. The van der Waals surface area contributed by atoms with E-state index in [1.165, 1.54) is 0 Å². The number of nitrogens with one attached hydrogen (secondary N) is 2. The van der Waals surface area contributed by atoms with Crippen molar-refractivity contribution in [2.24, 2.45) is 0 Å². The maximum atomic E-state index is 11.7. The molecular weight excluding hydrogens is 230 g/mol. The Morgan fingerprint density at radius 1 is 1.50 bits per heavy atom. The fraction of sp³-hybridized carbons (Fsp3) is 0.889. The molecule has 0 radical (unpaired) electrons. The molecule has 1 atom stereocenters. The number of rotatable bonds is 6. The van der Waals surface area contributed by atoms with Gasteiger partial charge in [-0.3, -0.25) is 4.79 Å². The van der Waals surface area contributed by atoms with Gasteiger partial charge >= 0.3 is 0 Å². The predicted molar refractivity (Wildman–Crippen MR) is 61.5 cm³/mol. The van der Waals surface area contributed by atoms with Crippen LogP contribution in [0.25, 0.3) is 0 Å². The molecule has 0 aromatic rings. The smallest absolute Gasteiger partial charge is 0.239 e. The van der Waals surface area contributed by atoms with E-state index in [0.717, 1.165) is 19.2 Å². The van der Waals surface area contributed by atoms with E-state index in [0.29, 0.717) is 19.5 Å². The van der Waals surface area contributed by atoms with Gasteiger partial charge in [-0.15, -0.1) is 0 Å². The van der Waals surface area contributed by atoms with Gasteiger partial charge in [-0.05, 0) is 19.9 Å². The second kappa shape index (κ2) is 5.60. The number of carbonyl (C=O) groups is 1. The molecule has 7 heteroatoms.